The van der Waals surface area contributed by atoms with Gasteiger partial charge in [-0.3, -0.25) is 4.98 Å². The van der Waals surface area contributed by atoms with Crippen molar-refractivity contribution in [1.29, 1.82) is 0 Å². The number of nitrogens with zero attached hydrogens (tertiary/aromatic N) is 3. The van der Waals surface area contributed by atoms with E-state index in [1.807, 2.05) is 18.3 Å². The van der Waals surface area contributed by atoms with Crippen LogP contribution in [0.2, 0.25) is 0 Å². The molecule has 0 atom stereocenters. The molecular weight excluding hydrogens is 260 g/mol. The monoisotopic (exact) mass is 278 g/mol. The lowest BCUT2D eigenvalue weighted by Crippen LogP contribution is -2.26. The van der Waals surface area contributed by atoms with Crippen molar-refractivity contribution < 1.29 is 4.74 Å². The number of pyridine rings is 1. The molecule has 0 saturated carbocycles. The van der Waals surface area contributed by atoms with Crippen molar-refractivity contribution in [2.45, 2.75) is 6.92 Å². The summed E-state index contributed by atoms with van der Waals surface area (Å²) in [6.45, 7) is 4.50. The van der Waals surface area contributed by atoms with Gasteiger partial charge in [-0.15, -0.1) is 0 Å². The van der Waals surface area contributed by atoms with Crippen molar-refractivity contribution in [3.63, 3.8) is 0 Å². The van der Waals surface area contributed by atoms with Gasteiger partial charge in [0.05, 0.1) is 12.2 Å². The molecule has 2 aromatic heterocycles. The minimum absolute atomic E-state index is 0.559. The third-order valence-corrected chi connectivity index (χ3v) is 3.81. The summed E-state index contributed by atoms with van der Waals surface area (Å²) >= 11 is 1.42. The lowest BCUT2D eigenvalue weighted by molar-refractivity contribution is 0.205. The molecule has 0 aliphatic rings. The lowest BCUT2D eigenvalue weighted by atomic mass is 10.1. The van der Waals surface area contributed by atoms with Crippen LogP contribution in [0.25, 0.3) is 11.1 Å². The topological polar surface area (TPSA) is 64.3 Å². The molecule has 0 unspecified atom stereocenters. The second kappa shape index (κ2) is 6.49. The quantitative estimate of drug-likeness (QED) is 0.878. The number of nitrogen functional groups attached to an aromatic ring is 1. The summed E-state index contributed by atoms with van der Waals surface area (Å²) in [5, 5.41) is 1.07. The molecule has 0 radical (unpaired) electrons. The Morgan fingerprint density at radius 1 is 1.47 bits per heavy atom. The molecule has 5 nitrogen and oxygen atoms in total. The van der Waals surface area contributed by atoms with Gasteiger partial charge in [0.15, 0.2) is 0 Å². The molecule has 0 aromatic carbocycles. The molecule has 2 aromatic rings. The predicted octanol–water partition coefficient (Wildman–Crippen LogP) is 2.26. The van der Waals surface area contributed by atoms with Crippen LogP contribution >= 0.6 is 11.5 Å². The van der Waals surface area contributed by atoms with E-state index >= 15 is 0 Å². The Balaban J connectivity index is 2.36. The van der Waals surface area contributed by atoms with Crippen molar-refractivity contribution in [2.75, 3.05) is 37.4 Å². The van der Waals surface area contributed by atoms with Gasteiger partial charge in [-0.05, 0) is 24.5 Å². The second-order valence-corrected chi connectivity index (χ2v) is 4.81. The van der Waals surface area contributed by atoms with E-state index in [0.29, 0.717) is 12.4 Å². The maximum atomic E-state index is 6.01. The molecule has 6 heteroatoms. The van der Waals surface area contributed by atoms with Crippen LogP contribution < -0.4 is 10.6 Å². The molecule has 0 fully saturated rings. The zero-order valence-electron chi connectivity index (χ0n) is 11.2. The van der Waals surface area contributed by atoms with Crippen molar-refractivity contribution in [1.82, 2.24) is 9.36 Å². The highest BCUT2D eigenvalue weighted by atomic mass is 32.1. The Morgan fingerprint density at radius 2 is 2.32 bits per heavy atom. The molecule has 102 valence electrons. The molecule has 0 aliphatic heterocycles. The van der Waals surface area contributed by atoms with Gasteiger partial charge in [-0.1, -0.05) is 6.07 Å². The van der Waals surface area contributed by atoms with Gasteiger partial charge < -0.3 is 15.4 Å². The number of nitrogens with two attached hydrogens (primary N) is 1. The maximum absolute atomic E-state index is 6.01. The number of anilines is 2. The van der Waals surface area contributed by atoms with Crippen LogP contribution in [0.4, 0.5) is 10.8 Å². The largest absolute Gasteiger partial charge is 0.383 e. The number of rotatable bonds is 6. The fourth-order valence-corrected chi connectivity index (χ4v) is 2.82. The van der Waals surface area contributed by atoms with Crippen molar-refractivity contribution in [2.24, 2.45) is 0 Å². The highest BCUT2D eigenvalue weighted by Gasteiger charge is 2.18. The average molecular weight is 278 g/mol. The van der Waals surface area contributed by atoms with E-state index in [0.717, 1.165) is 29.2 Å². The molecule has 19 heavy (non-hydrogen) atoms. The third-order valence-electron chi connectivity index (χ3n) is 2.88. The third kappa shape index (κ3) is 3.02. The molecular formula is C13H18N4OS. The standard InChI is InChI=1S/C13H18N4OS/c1-3-17(7-8-18-2)13-11(12(14)16-19-13)10-5-4-6-15-9-10/h4-6,9H,3,7-8H2,1-2H3,(H2,14,16). The Kier molecular flexibility index (Phi) is 4.70. The molecule has 0 amide bonds. The van der Waals surface area contributed by atoms with Crippen LogP contribution in [0.1, 0.15) is 6.92 Å². The van der Waals surface area contributed by atoms with Crippen LogP contribution in [-0.2, 0) is 4.74 Å². The van der Waals surface area contributed by atoms with Gasteiger partial charge in [-0.2, -0.15) is 4.37 Å². The van der Waals surface area contributed by atoms with E-state index in [9.17, 15) is 0 Å². The fourth-order valence-electron chi connectivity index (χ4n) is 1.90. The summed E-state index contributed by atoms with van der Waals surface area (Å²) in [6, 6.07) is 3.91. The normalized spacial score (nSPS) is 10.6. The molecule has 0 saturated heterocycles. The first-order chi connectivity index (χ1) is 9.27. The first-order valence-electron chi connectivity index (χ1n) is 6.17. The van der Waals surface area contributed by atoms with Crippen LogP contribution in [-0.4, -0.2) is 36.2 Å². The Hall–Kier alpha value is -1.66. The van der Waals surface area contributed by atoms with Gasteiger partial charge in [0, 0.05) is 38.2 Å². The molecule has 0 spiro atoms. The van der Waals surface area contributed by atoms with Crippen LogP contribution in [0, 0.1) is 0 Å². The summed E-state index contributed by atoms with van der Waals surface area (Å²) < 4.78 is 9.43. The first kappa shape index (κ1) is 13.8. The molecule has 2 N–H and O–H groups in total. The highest BCUT2D eigenvalue weighted by Crippen LogP contribution is 2.38. The predicted molar refractivity (Wildman–Crippen MR) is 79.5 cm³/mol. The van der Waals surface area contributed by atoms with Crippen molar-refractivity contribution in [3.8, 4) is 11.1 Å². The summed E-state index contributed by atoms with van der Waals surface area (Å²) in [5.41, 5.74) is 7.98. The molecule has 0 bridgehead atoms. The first-order valence-corrected chi connectivity index (χ1v) is 6.94. The zero-order chi connectivity index (χ0) is 13.7. The highest BCUT2D eigenvalue weighted by molar-refractivity contribution is 7.11. The Morgan fingerprint density at radius 3 is 2.95 bits per heavy atom. The van der Waals surface area contributed by atoms with Gasteiger partial charge in [-0.25, -0.2) is 0 Å². The smallest absolute Gasteiger partial charge is 0.147 e. The SMILES string of the molecule is CCN(CCOC)c1snc(N)c1-c1cccnc1. The molecule has 2 rings (SSSR count). The zero-order valence-corrected chi connectivity index (χ0v) is 12.0. The number of likely N-dealkylation sites (N-methyl/N-ethyl adjacent to an activating group) is 1. The lowest BCUT2D eigenvalue weighted by Gasteiger charge is -2.21. The number of aromatic nitrogens is 2. The van der Waals surface area contributed by atoms with Crippen molar-refractivity contribution in [3.05, 3.63) is 24.5 Å². The summed E-state index contributed by atoms with van der Waals surface area (Å²) in [4.78, 5) is 6.37. The number of hydrogen-bond donors (Lipinski definition) is 1. The van der Waals surface area contributed by atoms with Crippen LogP contribution in [0.5, 0.6) is 0 Å². The summed E-state index contributed by atoms with van der Waals surface area (Å²) in [7, 11) is 1.71. The summed E-state index contributed by atoms with van der Waals surface area (Å²) in [5.74, 6) is 0.559. The number of ether oxygens (including phenoxy) is 1. The van der Waals surface area contributed by atoms with E-state index in [1.165, 1.54) is 11.5 Å². The van der Waals surface area contributed by atoms with Gasteiger partial charge in [0.25, 0.3) is 0 Å². The minimum Gasteiger partial charge on any atom is -0.383 e. The number of methoxy groups -OCH3 is 1. The average Bonchev–Trinajstić information content (AvgIpc) is 2.83. The molecule has 2 heterocycles. The second-order valence-electron chi connectivity index (χ2n) is 4.06. The number of hydrogen-bond acceptors (Lipinski definition) is 6. The van der Waals surface area contributed by atoms with Crippen molar-refractivity contribution >= 4 is 22.4 Å². The fraction of sp³-hybridized carbons (Fsp3) is 0.385. The van der Waals surface area contributed by atoms with E-state index < -0.39 is 0 Å². The summed E-state index contributed by atoms with van der Waals surface area (Å²) in [6.07, 6.45) is 3.56. The van der Waals surface area contributed by atoms with E-state index in [-0.39, 0.29) is 0 Å². The van der Waals surface area contributed by atoms with E-state index in [2.05, 4.69) is 21.2 Å². The van der Waals surface area contributed by atoms with E-state index in [4.69, 9.17) is 10.5 Å². The Bertz CT molecular complexity index is 515. The van der Waals surface area contributed by atoms with Crippen LogP contribution in [0.15, 0.2) is 24.5 Å². The van der Waals surface area contributed by atoms with Crippen LogP contribution in [0.3, 0.4) is 0 Å². The minimum atomic E-state index is 0.559. The maximum Gasteiger partial charge on any atom is 0.147 e. The Labute approximate surface area is 117 Å². The van der Waals surface area contributed by atoms with E-state index in [1.54, 1.807) is 13.3 Å². The van der Waals surface area contributed by atoms with Gasteiger partial charge in [0.1, 0.15) is 10.8 Å². The van der Waals surface area contributed by atoms with Gasteiger partial charge >= 0.3 is 0 Å². The molecule has 0 aliphatic carbocycles. The van der Waals surface area contributed by atoms with Gasteiger partial charge in [0.2, 0.25) is 0 Å².